The molecule has 0 heterocycles. The minimum absolute atomic E-state index is 0. The summed E-state index contributed by atoms with van der Waals surface area (Å²) in [6.45, 7) is 11.2. The van der Waals surface area contributed by atoms with E-state index in [1.54, 1.807) is 5.92 Å². The summed E-state index contributed by atoms with van der Waals surface area (Å²) in [6, 6.07) is 33.7. The molecule has 0 bridgehead atoms. The third-order valence-corrected chi connectivity index (χ3v) is 9.40. The van der Waals surface area contributed by atoms with E-state index in [0.717, 1.165) is 12.8 Å². The molecule has 4 aromatic carbocycles. The minimum atomic E-state index is 0. The maximum Gasteiger partial charge on any atom is 3.00 e. The SMILES string of the molecule is CCCCCCCCC[C-](C)C.CCCCc1[c-]c2c(cc1)-c1ccccc1C2.CCCCc1[c-]c2c(cc1)-c1ccccc1C2.[Zr+3]. The molecule has 1 radical (unpaired) electrons. The molecule has 2 aliphatic carbocycles. The molecule has 0 saturated heterocycles. The van der Waals surface area contributed by atoms with Crippen LogP contribution in [-0.4, -0.2) is 0 Å². The number of hydrogen-bond acceptors (Lipinski definition) is 0. The maximum absolute atomic E-state index is 3.61. The summed E-state index contributed by atoms with van der Waals surface area (Å²) in [7, 11) is 0. The molecule has 247 valence electrons. The molecule has 6 rings (SSSR count). The average Bonchev–Trinajstić information content (AvgIpc) is 3.64. The smallest absolute Gasteiger partial charge is 0.320 e. The van der Waals surface area contributed by atoms with E-state index in [0.29, 0.717) is 0 Å². The number of aryl methyl sites for hydroxylation is 2. The first-order valence-corrected chi connectivity index (χ1v) is 18.6. The van der Waals surface area contributed by atoms with E-state index in [2.05, 4.69) is 120 Å². The first kappa shape index (κ1) is 39.2. The van der Waals surface area contributed by atoms with Crippen LogP contribution in [0.3, 0.4) is 0 Å². The Labute approximate surface area is 308 Å². The third-order valence-electron chi connectivity index (χ3n) is 9.40. The molecule has 0 aliphatic heterocycles. The van der Waals surface area contributed by atoms with Crippen LogP contribution in [0.4, 0.5) is 0 Å². The second-order valence-electron chi connectivity index (χ2n) is 13.7. The second-order valence-corrected chi connectivity index (χ2v) is 13.7. The van der Waals surface area contributed by atoms with Crippen molar-refractivity contribution in [1.29, 1.82) is 0 Å². The normalized spacial score (nSPS) is 11.7. The van der Waals surface area contributed by atoms with E-state index in [1.807, 2.05) is 0 Å². The number of benzene rings is 4. The van der Waals surface area contributed by atoms with Gasteiger partial charge in [0.05, 0.1) is 0 Å². The second kappa shape index (κ2) is 21.7. The first-order valence-electron chi connectivity index (χ1n) is 18.6. The molecule has 4 aromatic rings. The summed E-state index contributed by atoms with van der Waals surface area (Å²) in [5, 5.41) is 0. The Morgan fingerprint density at radius 3 is 1.36 bits per heavy atom. The third kappa shape index (κ3) is 12.3. The fourth-order valence-electron chi connectivity index (χ4n) is 6.68. The fourth-order valence-corrected chi connectivity index (χ4v) is 6.68. The Balaban J connectivity index is 0.000000194. The van der Waals surface area contributed by atoms with Crippen LogP contribution in [0.25, 0.3) is 22.3 Å². The van der Waals surface area contributed by atoms with E-state index in [-0.39, 0.29) is 26.2 Å². The van der Waals surface area contributed by atoms with Gasteiger partial charge < -0.3 is 5.92 Å². The van der Waals surface area contributed by atoms with Gasteiger partial charge in [0.2, 0.25) is 0 Å². The van der Waals surface area contributed by atoms with Crippen molar-refractivity contribution >= 4 is 0 Å². The van der Waals surface area contributed by atoms with Gasteiger partial charge in [-0.3, -0.25) is 0 Å². The van der Waals surface area contributed by atoms with E-state index in [4.69, 9.17) is 0 Å². The van der Waals surface area contributed by atoms with Crippen LogP contribution in [0, 0.1) is 18.1 Å². The van der Waals surface area contributed by atoms with Crippen molar-refractivity contribution < 1.29 is 26.2 Å². The molecule has 0 atom stereocenters. The van der Waals surface area contributed by atoms with Crippen molar-refractivity contribution in [3.8, 4) is 22.3 Å². The van der Waals surface area contributed by atoms with Crippen LogP contribution in [0.2, 0.25) is 0 Å². The summed E-state index contributed by atoms with van der Waals surface area (Å²) in [5.41, 5.74) is 14.0. The summed E-state index contributed by atoms with van der Waals surface area (Å²) in [6.07, 6.45) is 20.8. The average molecular weight is 703 g/mol. The van der Waals surface area contributed by atoms with Crippen LogP contribution in [0.1, 0.15) is 145 Å². The van der Waals surface area contributed by atoms with Gasteiger partial charge in [0, 0.05) is 0 Å². The minimum Gasteiger partial charge on any atom is -0.320 e. The van der Waals surface area contributed by atoms with Gasteiger partial charge >= 0.3 is 26.2 Å². The zero-order valence-corrected chi connectivity index (χ0v) is 32.7. The topological polar surface area (TPSA) is 0 Å². The first-order chi connectivity index (χ1) is 22.5. The molecule has 0 N–H and O–H groups in total. The van der Waals surface area contributed by atoms with Crippen molar-refractivity contribution in [2.75, 3.05) is 0 Å². The molecule has 0 nitrogen and oxygen atoms in total. The van der Waals surface area contributed by atoms with Gasteiger partial charge in [-0.1, -0.05) is 175 Å². The zero-order chi connectivity index (χ0) is 32.6. The Morgan fingerprint density at radius 2 is 0.915 bits per heavy atom. The standard InChI is InChI=1S/2C17H17.C12H25.Zr/c2*1-2-3-6-13-9-10-17-15(11-13)12-14-7-4-5-8-16(14)17;1-4-5-6-7-8-9-10-11-12(2)3;/h2*4-5,7-10H,2-3,6,12H2,1H3;4-11H2,1-3H3;/q3*-1;+3. The number of fused-ring (bicyclic) bond motifs is 6. The predicted octanol–water partition coefficient (Wildman–Crippen LogP) is 13.5. The largest absolute Gasteiger partial charge is 3.00 e. The molecule has 47 heavy (non-hydrogen) atoms. The van der Waals surface area contributed by atoms with E-state index < -0.39 is 0 Å². The van der Waals surface area contributed by atoms with Gasteiger partial charge in [-0.25, -0.2) is 0 Å². The van der Waals surface area contributed by atoms with Crippen LogP contribution >= 0.6 is 0 Å². The van der Waals surface area contributed by atoms with Crippen molar-refractivity contribution in [2.45, 2.75) is 137 Å². The summed E-state index contributed by atoms with van der Waals surface area (Å²) in [5.74, 6) is 1.59. The van der Waals surface area contributed by atoms with E-state index in [9.17, 15) is 0 Å². The van der Waals surface area contributed by atoms with Gasteiger partial charge in [0.25, 0.3) is 0 Å². The molecule has 0 amide bonds. The summed E-state index contributed by atoms with van der Waals surface area (Å²) in [4.78, 5) is 0. The molecule has 0 saturated carbocycles. The van der Waals surface area contributed by atoms with E-state index in [1.165, 1.54) is 146 Å². The zero-order valence-electron chi connectivity index (χ0n) is 30.2. The van der Waals surface area contributed by atoms with Gasteiger partial charge in [0.15, 0.2) is 0 Å². The molecule has 0 aromatic heterocycles. The van der Waals surface area contributed by atoms with E-state index >= 15 is 0 Å². The van der Waals surface area contributed by atoms with Gasteiger partial charge in [-0.05, 0) is 12.8 Å². The van der Waals surface area contributed by atoms with Crippen molar-refractivity contribution in [3.05, 3.63) is 124 Å². The molecular formula is C46H59Zr. The Kier molecular flexibility index (Phi) is 18.1. The fraction of sp³-hybridized carbons (Fsp3) is 0.457. The number of rotatable bonds is 14. The Morgan fingerprint density at radius 1 is 0.489 bits per heavy atom. The quantitative estimate of drug-likeness (QED) is 0.0783. The summed E-state index contributed by atoms with van der Waals surface area (Å²) >= 11 is 0. The predicted molar refractivity (Wildman–Crippen MR) is 201 cm³/mol. The maximum atomic E-state index is 3.61. The molecule has 1 heteroatoms. The van der Waals surface area contributed by atoms with Crippen molar-refractivity contribution in [3.63, 3.8) is 0 Å². The summed E-state index contributed by atoms with van der Waals surface area (Å²) < 4.78 is 0. The van der Waals surface area contributed by atoms with Crippen LogP contribution in [0.15, 0.2) is 72.8 Å². The van der Waals surface area contributed by atoms with Crippen LogP contribution < -0.4 is 0 Å². The molecule has 0 spiro atoms. The Bertz CT molecular complexity index is 1360. The van der Waals surface area contributed by atoms with Gasteiger partial charge in [0.1, 0.15) is 0 Å². The van der Waals surface area contributed by atoms with Gasteiger partial charge in [-0.2, -0.15) is 67.8 Å². The Hall–Kier alpha value is -2.24. The number of hydrogen-bond donors (Lipinski definition) is 0. The molecular weight excluding hydrogens is 644 g/mol. The van der Waals surface area contributed by atoms with Crippen molar-refractivity contribution in [1.82, 2.24) is 0 Å². The van der Waals surface area contributed by atoms with Gasteiger partial charge in [-0.15, -0.1) is 22.3 Å². The monoisotopic (exact) mass is 701 g/mol. The molecule has 0 unspecified atom stereocenters. The van der Waals surface area contributed by atoms with Crippen molar-refractivity contribution in [2.24, 2.45) is 0 Å². The van der Waals surface area contributed by atoms with Crippen LogP contribution in [-0.2, 0) is 51.9 Å². The molecule has 0 fully saturated rings. The molecule has 2 aliphatic rings. The number of unbranched alkanes of at least 4 members (excludes halogenated alkanes) is 8. The van der Waals surface area contributed by atoms with Crippen LogP contribution in [0.5, 0.6) is 0 Å².